The van der Waals surface area contributed by atoms with Gasteiger partial charge >= 0.3 is 0 Å². The lowest BCUT2D eigenvalue weighted by atomic mass is 10.2. The van der Waals surface area contributed by atoms with E-state index in [1.54, 1.807) is 41.1 Å². The van der Waals surface area contributed by atoms with Gasteiger partial charge in [-0.15, -0.1) is 5.10 Å². The topological polar surface area (TPSA) is 78.5 Å². The lowest BCUT2D eigenvalue weighted by Crippen LogP contribution is -2.24. The van der Waals surface area contributed by atoms with Crippen molar-refractivity contribution >= 4 is 45.9 Å². The Bertz CT molecular complexity index is 1470. The van der Waals surface area contributed by atoms with Crippen molar-refractivity contribution in [1.29, 1.82) is 0 Å². The number of nitrogens with zero attached hydrogens (tertiary/aromatic N) is 6. The molecule has 2 aromatic heterocycles. The number of fused-ring (bicyclic) bond motifs is 1. The van der Waals surface area contributed by atoms with Crippen LogP contribution in [-0.4, -0.2) is 29.8 Å². The van der Waals surface area contributed by atoms with Crippen LogP contribution in [0.2, 0.25) is 10.0 Å². The van der Waals surface area contributed by atoms with Gasteiger partial charge in [-0.25, -0.2) is 4.98 Å². The average Bonchev–Trinajstić information content (AvgIpc) is 3.28. The third-order valence-corrected chi connectivity index (χ3v) is 6.30. The summed E-state index contributed by atoms with van der Waals surface area (Å²) in [5.41, 5.74) is 1.58. The summed E-state index contributed by atoms with van der Waals surface area (Å²) in [6, 6.07) is 21.9. The standard InChI is InChI=1S/C22H14Cl2N6OS/c23-16-10-6-11-17(24)20(16)29-19(25-18-12-5-4-9-15(18)21(29)31)13-32-22-26-27-28-30(22)14-7-2-1-3-8-14/h1-12H,13H2. The Labute approximate surface area is 196 Å². The Morgan fingerprint density at radius 3 is 2.38 bits per heavy atom. The number of hydrogen-bond acceptors (Lipinski definition) is 6. The molecule has 0 saturated heterocycles. The monoisotopic (exact) mass is 480 g/mol. The van der Waals surface area contributed by atoms with Gasteiger partial charge in [-0.2, -0.15) is 4.68 Å². The normalized spacial score (nSPS) is 11.2. The Morgan fingerprint density at radius 1 is 0.875 bits per heavy atom. The summed E-state index contributed by atoms with van der Waals surface area (Å²) in [4.78, 5) is 18.2. The van der Waals surface area contributed by atoms with Gasteiger partial charge in [0.15, 0.2) is 0 Å². The summed E-state index contributed by atoms with van der Waals surface area (Å²) in [6.07, 6.45) is 0. The van der Waals surface area contributed by atoms with E-state index in [1.165, 1.54) is 16.3 Å². The second kappa shape index (κ2) is 8.74. The fourth-order valence-electron chi connectivity index (χ4n) is 3.34. The van der Waals surface area contributed by atoms with Crippen LogP contribution in [0.25, 0.3) is 22.3 Å². The number of para-hydroxylation sites is 3. The Morgan fingerprint density at radius 2 is 1.59 bits per heavy atom. The first-order valence-electron chi connectivity index (χ1n) is 9.55. The zero-order valence-electron chi connectivity index (χ0n) is 16.4. The lowest BCUT2D eigenvalue weighted by molar-refractivity contribution is 0.755. The van der Waals surface area contributed by atoms with E-state index in [-0.39, 0.29) is 5.56 Å². The van der Waals surface area contributed by atoms with Crippen molar-refractivity contribution in [2.75, 3.05) is 0 Å². The number of hydrogen-bond donors (Lipinski definition) is 0. The van der Waals surface area contributed by atoms with Gasteiger partial charge in [0.25, 0.3) is 5.56 Å². The molecular weight excluding hydrogens is 467 g/mol. The number of aromatic nitrogens is 6. The molecule has 32 heavy (non-hydrogen) atoms. The molecule has 0 spiro atoms. The van der Waals surface area contributed by atoms with Crippen LogP contribution in [0.4, 0.5) is 0 Å². The minimum atomic E-state index is -0.246. The van der Waals surface area contributed by atoms with Gasteiger partial charge in [-0.05, 0) is 46.8 Å². The molecule has 0 amide bonds. The van der Waals surface area contributed by atoms with E-state index < -0.39 is 0 Å². The van der Waals surface area contributed by atoms with Crippen LogP contribution in [0, 0.1) is 0 Å². The van der Waals surface area contributed by atoms with Gasteiger partial charge in [0.1, 0.15) is 5.82 Å². The SMILES string of the molecule is O=c1c2ccccc2nc(CSc2nnnn2-c2ccccc2)n1-c1c(Cl)cccc1Cl. The van der Waals surface area contributed by atoms with Gasteiger partial charge in [0, 0.05) is 0 Å². The molecule has 3 aromatic carbocycles. The van der Waals surface area contributed by atoms with Crippen LogP contribution in [0.15, 0.2) is 82.7 Å². The maximum Gasteiger partial charge on any atom is 0.266 e. The number of thioether (sulfide) groups is 1. The molecule has 5 aromatic rings. The Hall–Kier alpha value is -3.20. The maximum atomic E-state index is 13.5. The van der Waals surface area contributed by atoms with Gasteiger partial charge < -0.3 is 0 Å². The third-order valence-electron chi connectivity index (χ3n) is 4.78. The largest absolute Gasteiger partial charge is 0.268 e. The molecule has 0 radical (unpaired) electrons. The van der Waals surface area contributed by atoms with E-state index in [1.807, 2.05) is 36.4 Å². The predicted octanol–water partition coefficient (Wildman–Crippen LogP) is 4.96. The summed E-state index contributed by atoms with van der Waals surface area (Å²) in [7, 11) is 0. The molecule has 0 aliphatic rings. The van der Waals surface area contributed by atoms with Crippen molar-refractivity contribution in [3.63, 3.8) is 0 Å². The van der Waals surface area contributed by atoms with E-state index in [2.05, 4.69) is 15.5 Å². The highest BCUT2D eigenvalue weighted by atomic mass is 35.5. The number of benzene rings is 3. The number of tetrazole rings is 1. The first-order valence-corrected chi connectivity index (χ1v) is 11.3. The Kier molecular flexibility index (Phi) is 5.65. The highest BCUT2D eigenvalue weighted by Crippen LogP contribution is 2.30. The molecule has 158 valence electrons. The van der Waals surface area contributed by atoms with E-state index in [0.717, 1.165) is 5.69 Å². The van der Waals surface area contributed by atoms with Crippen LogP contribution in [0.1, 0.15) is 5.82 Å². The van der Waals surface area contributed by atoms with Crippen molar-refractivity contribution < 1.29 is 0 Å². The molecule has 7 nitrogen and oxygen atoms in total. The highest BCUT2D eigenvalue weighted by Gasteiger charge is 2.19. The zero-order valence-corrected chi connectivity index (χ0v) is 18.7. The number of halogens is 2. The van der Waals surface area contributed by atoms with Crippen molar-refractivity contribution in [2.24, 2.45) is 0 Å². The van der Waals surface area contributed by atoms with Gasteiger partial charge in [0.2, 0.25) is 5.16 Å². The first kappa shape index (κ1) is 20.7. The highest BCUT2D eigenvalue weighted by molar-refractivity contribution is 7.98. The molecule has 0 atom stereocenters. The summed E-state index contributed by atoms with van der Waals surface area (Å²) >= 11 is 14.3. The van der Waals surface area contributed by atoms with Crippen molar-refractivity contribution in [3.8, 4) is 11.4 Å². The van der Waals surface area contributed by atoms with Gasteiger partial charge in [-0.1, -0.05) is 71.4 Å². The van der Waals surface area contributed by atoms with Crippen molar-refractivity contribution in [1.82, 2.24) is 29.8 Å². The van der Waals surface area contributed by atoms with E-state index in [0.29, 0.717) is 43.4 Å². The molecule has 10 heteroatoms. The van der Waals surface area contributed by atoms with E-state index in [4.69, 9.17) is 28.2 Å². The Balaban J connectivity index is 1.62. The fraction of sp³-hybridized carbons (Fsp3) is 0.0455. The molecule has 0 unspecified atom stereocenters. The zero-order chi connectivity index (χ0) is 22.1. The summed E-state index contributed by atoms with van der Waals surface area (Å²) in [6.45, 7) is 0. The maximum absolute atomic E-state index is 13.5. The molecular formula is C22H14Cl2N6OS. The molecule has 0 aliphatic carbocycles. The van der Waals surface area contributed by atoms with Crippen LogP contribution in [0.5, 0.6) is 0 Å². The minimum Gasteiger partial charge on any atom is -0.268 e. The average molecular weight is 481 g/mol. The quantitative estimate of drug-likeness (QED) is 0.330. The fourth-order valence-corrected chi connectivity index (χ4v) is 4.71. The second-order valence-corrected chi connectivity index (χ2v) is 8.51. The predicted molar refractivity (Wildman–Crippen MR) is 126 cm³/mol. The van der Waals surface area contributed by atoms with E-state index >= 15 is 0 Å². The third kappa shape index (κ3) is 3.77. The molecule has 0 bridgehead atoms. The van der Waals surface area contributed by atoms with E-state index in [9.17, 15) is 4.79 Å². The summed E-state index contributed by atoms with van der Waals surface area (Å²) < 4.78 is 3.10. The molecule has 5 rings (SSSR count). The molecule has 2 heterocycles. The molecule has 0 N–H and O–H groups in total. The van der Waals surface area contributed by atoms with Gasteiger partial charge in [-0.3, -0.25) is 9.36 Å². The van der Waals surface area contributed by atoms with Crippen LogP contribution >= 0.6 is 35.0 Å². The van der Waals surface area contributed by atoms with Crippen molar-refractivity contribution in [3.05, 3.63) is 99.0 Å². The number of rotatable bonds is 5. The molecule has 0 saturated carbocycles. The van der Waals surface area contributed by atoms with Crippen LogP contribution in [0.3, 0.4) is 0 Å². The van der Waals surface area contributed by atoms with Crippen LogP contribution in [-0.2, 0) is 5.75 Å². The summed E-state index contributed by atoms with van der Waals surface area (Å²) in [5.74, 6) is 0.797. The smallest absolute Gasteiger partial charge is 0.266 e. The van der Waals surface area contributed by atoms with Gasteiger partial charge in [0.05, 0.1) is 38.1 Å². The second-order valence-electron chi connectivity index (χ2n) is 6.75. The van der Waals surface area contributed by atoms with Crippen molar-refractivity contribution in [2.45, 2.75) is 10.9 Å². The minimum absolute atomic E-state index is 0.246. The summed E-state index contributed by atoms with van der Waals surface area (Å²) in [5, 5.41) is 13.8. The molecule has 0 aliphatic heterocycles. The lowest BCUT2D eigenvalue weighted by Gasteiger charge is -2.16. The van der Waals surface area contributed by atoms with Crippen LogP contribution < -0.4 is 5.56 Å². The first-order chi connectivity index (χ1) is 15.6. The molecule has 0 fully saturated rings.